The van der Waals surface area contributed by atoms with Gasteiger partial charge in [-0.05, 0) is 6.92 Å². The number of Topliss-reactive ketones (excluding diaryl/α,β-unsaturated/α-hetero) is 1. The molecule has 0 unspecified atom stereocenters. The van der Waals surface area contributed by atoms with E-state index in [1.54, 1.807) is 6.92 Å². The van der Waals surface area contributed by atoms with Gasteiger partial charge in [-0.15, -0.1) is 0 Å². The molecule has 0 bridgehead atoms. The second kappa shape index (κ2) is 4.21. The molecule has 0 fully saturated rings. The first-order valence-corrected chi connectivity index (χ1v) is 4.72. The fraction of sp³-hybridized carbons (Fsp3) is 0.364. The van der Waals surface area contributed by atoms with Crippen molar-refractivity contribution in [2.75, 3.05) is 0 Å². The van der Waals surface area contributed by atoms with Crippen molar-refractivity contribution in [1.29, 1.82) is 0 Å². The molecule has 4 nitrogen and oxygen atoms in total. The average Bonchev–Trinajstić information content (AvgIpc) is 2.21. The van der Waals surface area contributed by atoms with Crippen LogP contribution in [0, 0.1) is 6.92 Å². The van der Waals surface area contributed by atoms with Crippen LogP contribution in [0.15, 0.2) is 6.07 Å². The third kappa shape index (κ3) is 2.21. The van der Waals surface area contributed by atoms with Gasteiger partial charge in [0.1, 0.15) is 23.0 Å². The molecule has 15 heavy (non-hydrogen) atoms. The smallest absolute Gasteiger partial charge is 0.137 e. The van der Waals surface area contributed by atoms with E-state index in [0.29, 0.717) is 6.42 Å². The fourth-order valence-electron chi connectivity index (χ4n) is 1.29. The van der Waals surface area contributed by atoms with Crippen LogP contribution in [-0.2, 0) is 11.2 Å². The summed E-state index contributed by atoms with van der Waals surface area (Å²) in [6, 6.07) is 1.13. The lowest BCUT2D eigenvalue weighted by Gasteiger charge is -2.10. The van der Waals surface area contributed by atoms with Crippen molar-refractivity contribution in [1.82, 2.24) is 0 Å². The molecule has 0 saturated carbocycles. The van der Waals surface area contributed by atoms with Crippen molar-refractivity contribution in [3.63, 3.8) is 0 Å². The highest BCUT2D eigenvalue weighted by Gasteiger charge is 2.16. The van der Waals surface area contributed by atoms with Crippen molar-refractivity contribution in [3.8, 4) is 17.2 Å². The van der Waals surface area contributed by atoms with Crippen molar-refractivity contribution >= 4 is 5.78 Å². The second-order valence-corrected chi connectivity index (χ2v) is 3.44. The molecule has 0 aromatic heterocycles. The molecule has 82 valence electrons. The number of benzene rings is 1. The average molecular weight is 210 g/mol. The number of aromatic hydroxyl groups is 3. The molecule has 1 aromatic rings. The van der Waals surface area contributed by atoms with Crippen LogP contribution in [0.3, 0.4) is 0 Å². The predicted molar refractivity (Wildman–Crippen MR) is 55.2 cm³/mol. The zero-order chi connectivity index (χ0) is 11.6. The van der Waals surface area contributed by atoms with Gasteiger partial charge in [0.2, 0.25) is 0 Å². The predicted octanol–water partition coefficient (Wildman–Crippen LogP) is 1.63. The van der Waals surface area contributed by atoms with Gasteiger partial charge in [0, 0.05) is 30.0 Å². The molecule has 0 aliphatic rings. The summed E-state index contributed by atoms with van der Waals surface area (Å²) in [6.07, 6.45) is 0.327. The molecule has 0 amide bonds. The summed E-state index contributed by atoms with van der Waals surface area (Å²) in [6.45, 7) is 3.23. The van der Waals surface area contributed by atoms with Crippen LogP contribution in [0.25, 0.3) is 0 Å². The molecule has 0 spiro atoms. The van der Waals surface area contributed by atoms with Crippen LogP contribution < -0.4 is 0 Å². The van der Waals surface area contributed by atoms with E-state index >= 15 is 0 Å². The first-order chi connectivity index (χ1) is 6.97. The van der Waals surface area contributed by atoms with Gasteiger partial charge in [-0.25, -0.2) is 0 Å². The summed E-state index contributed by atoms with van der Waals surface area (Å²) in [5.74, 6) is -0.727. The Balaban J connectivity index is 3.18. The van der Waals surface area contributed by atoms with Crippen LogP contribution in [-0.4, -0.2) is 21.1 Å². The Hall–Kier alpha value is -1.71. The highest BCUT2D eigenvalue weighted by atomic mass is 16.3. The highest BCUT2D eigenvalue weighted by Crippen LogP contribution is 2.36. The topological polar surface area (TPSA) is 77.8 Å². The number of ketones is 1. The minimum absolute atomic E-state index is 0.0186. The van der Waals surface area contributed by atoms with Crippen LogP contribution in [0.4, 0.5) is 0 Å². The maximum Gasteiger partial charge on any atom is 0.137 e. The Morgan fingerprint density at radius 2 is 1.87 bits per heavy atom. The molecular formula is C11H14O4. The largest absolute Gasteiger partial charge is 0.507 e. The van der Waals surface area contributed by atoms with Gasteiger partial charge in [0.05, 0.1) is 0 Å². The Morgan fingerprint density at radius 3 is 2.40 bits per heavy atom. The fourth-order valence-corrected chi connectivity index (χ4v) is 1.29. The van der Waals surface area contributed by atoms with Crippen LogP contribution >= 0.6 is 0 Å². The Bertz CT molecular complexity index is 396. The quantitative estimate of drug-likeness (QED) is 0.708. The molecule has 0 radical (unpaired) electrons. The van der Waals surface area contributed by atoms with E-state index in [9.17, 15) is 20.1 Å². The van der Waals surface area contributed by atoms with E-state index in [0.717, 1.165) is 6.07 Å². The van der Waals surface area contributed by atoms with Gasteiger partial charge in [-0.3, -0.25) is 4.79 Å². The van der Waals surface area contributed by atoms with Crippen molar-refractivity contribution in [2.45, 2.75) is 26.7 Å². The summed E-state index contributed by atoms with van der Waals surface area (Å²) < 4.78 is 0. The van der Waals surface area contributed by atoms with Crippen molar-refractivity contribution in [3.05, 3.63) is 17.2 Å². The number of carbonyl (C=O) groups excluding carboxylic acids is 1. The monoisotopic (exact) mass is 210 g/mol. The number of phenolic OH excluding ortho intramolecular Hbond substituents is 3. The molecular weight excluding hydrogens is 196 g/mol. The Kier molecular flexibility index (Phi) is 3.19. The number of carbonyl (C=O) groups is 1. The zero-order valence-electron chi connectivity index (χ0n) is 8.74. The maximum atomic E-state index is 11.2. The lowest BCUT2D eigenvalue weighted by molar-refractivity contribution is -0.118. The molecule has 4 heteroatoms. The standard InChI is InChI=1S/C11H14O4/c1-3-7(12)4-8-10(14)5-9(13)6(2)11(8)15/h5,13-15H,3-4H2,1-2H3. The normalized spacial score (nSPS) is 10.3. The maximum absolute atomic E-state index is 11.2. The minimum Gasteiger partial charge on any atom is -0.507 e. The summed E-state index contributed by atoms with van der Waals surface area (Å²) >= 11 is 0. The third-order valence-electron chi connectivity index (χ3n) is 2.38. The molecule has 0 atom stereocenters. The number of hydrogen-bond acceptors (Lipinski definition) is 4. The van der Waals surface area contributed by atoms with E-state index in [4.69, 9.17) is 0 Å². The second-order valence-electron chi connectivity index (χ2n) is 3.44. The van der Waals surface area contributed by atoms with E-state index in [-0.39, 0.29) is 40.6 Å². The SMILES string of the molecule is CCC(=O)Cc1c(O)cc(O)c(C)c1O. The van der Waals surface area contributed by atoms with Gasteiger partial charge in [-0.1, -0.05) is 6.92 Å². The third-order valence-corrected chi connectivity index (χ3v) is 2.38. The minimum atomic E-state index is -0.252. The van der Waals surface area contributed by atoms with E-state index < -0.39 is 0 Å². The molecule has 0 aliphatic heterocycles. The lowest BCUT2D eigenvalue weighted by Crippen LogP contribution is -2.01. The first-order valence-electron chi connectivity index (χ1n) is 4.72. The summed E-state index contributed by atoms with van der Waals surface area (Å²) in [5.41, 5.74) is 0.448. The molecule has 1 rings (SSSR count). The van der Waals surface area contributed by atoms with Crippen LogP contribution in [0.2, 0.25) is 0 Å². The first kappa shape index (κ1) is 11.4. The Labute approximate surface area is 87.8 Å². The van der Waals surface area contributed by atoms with Crippen molar-refractivity contribution in [2.24, 2.45) is 0 Å². The number of phenols is 3. The molecule has 0 aliphatic carbocycles. The van der Waals surface area contributed by atoms with Gasteiger partial charge < -0.3 is 15.3 Å². The molecule has 0 saturated heterocycles. The number of rotatable bonds is 3. The zero-order valence-corrected chi connectivity index (χ0v) is 8.74. The van der Waals surface area contributed by atoms with Gasteiger partial charge in [0.25, 0.3) is 0 Å². The van der Waals surface area contributed by atoms with Crippen LogP contribution in [0.5, 0.6) is 17.2 Å². The van der Waals surface area contributed by atoms with Gasteiger partial charge >= 0.3 is 0 Å². The number of hydrogen-bond donors (Lipinski definition) is 3. The van der Waals surface area contributed by atoms with E-state index in [1.807, 2.05) is 0 Å². The van der Waals surface area contributed by atoms with E-state index in [2.05, 4.69) is 0 Å². The van der Waals surface area contributed by atoms with E-state index in [1.165, 1.54) is 6.92 Å². The van der Waals surface area contributed by atoms with Gasteiger partial charge in [-0.2, -0.15) is 0 Å². The lowest BCUT2D eigenvalue weighted by atomic mass is 10.0. The summed E-state index contributed by atoms with van der Waals surface area (Å²) in [7, 11) is 0. The Morgan fingerprint density at radius 1 is 1.27 bits per heavy atom. The summed E-state index contributed by atoms with van der Waals surface area (Å²) in [4.78, 5) is 11.2. The molecule has 0 heterocycles. The van der Waals surface area contributed by atoms with Crippen LogP contribution in [0.1, 0.15) is 24.5 Å². The van der Waals surface area contributed by atoms with Crippen molar-refractivity contribution < 1.29 is 20.1 Å². The highest BCUT2D eigenvalue weighted by molar-refractivity contribution is 5.82. The summed E-state index contributed by atoms with van der Waals surface area (Å²) in [5, 5.41) is 28.4. The van der Waals surface area contributed by atoms with Gasteiger partial charge in [0.15, 0.2) is 0 Å². The molecule has 1 aromatic carbocycles. The molecule has 3 N–H and O–H groups in total.